The van der Waals surface area contributed by atoms with Gasteiger partial charge in [0.05, 0.1) is 17.9 Å². The molecule has 0 bridgehead atoms. The Morgan fingerprint density at radius 1 is 0.875 bits per heavy atom. The van der Waals surface area contributed by atoms with E-state index < -0.39 is 0 Å². The molecular weight excluding hydrogens is 402 g/mol. The second kappa shape index (κ2) is 9.47. The quantitative estimate of drug-likeness (QED) is 0.609. The zero-order chi connectivity index (χ0) is 22.7. The van der Waals surface area contributed by atoms with E-state index in [0.29, 0.717) is 23.6 Å². The molecule has 0 unspecified atom stereocenters. The standard InChI is InChI=1S/C26H31N3O3/c1-4-18-32-22-14-8-19(9-15-22)23-24(28-16-6-5-7-17-28)26(31)29(25(23)30)21-12-10-20(11-13-21)27(2)3/h8-15H,4-7,16-18H2,1-3H3. The molecule has 168 valence electrons. The number of ether oxygens (including phenoxy) is 1. The lowest BCUT2D eigenvalue weighted by Crippen LogP contribution is -2.37. The van der Waals surface area contributed by atoms with E-state index in [1.165, 1.54) is 4.90 Å². The van der Waals surface area contributed by atoms with E-state index in [1.807, 2.05) is 67.5 Å². The van der Waals surface area contributed by atoms with Crippen molar-refractivity contribution in [2.45, 2.75) is 32.6 Å². The van der Waals surface area contributed by atoms with Crippen LogP contribution in [0.5, 0.6) is 5.75 Å². The van der Waals surface area contributed by atoms with Crippen molar-refractivity contribution < 1.29 is 14.3 Å². The molecule has 32 heavy (non-hydrogen) atoms. The first-order chi connectivity index (χ1) is 15.5. The molecule has 2 amide bonds. The lowest BCUT2D eigenvalue weighted by molar-refractivity contribution is -0.120. The first kappa shape index (κ1) is 21.9. The van der Waals surface area contributed by atoms with Crippen molar-refractivity contribution in [3.63, 3.8) is 0 Å². The van der Waals surface area contributed by atoms with Crippen molar-refractivity contribution in [1.29, 1.82) is 0 Å². The topological polar surface area (TPSA) is 53.1 Å². The molecule has 0 aliphatic carbocycles. The maximum Gasteiger partial charge on any atom is 0.282 e. The Labute approximate surface area is 190 Å². The normalized spacial score (nSPS) is 16.7. The number of amides is 2. The summed E-state index contributed by atoms with van der Waals surface area (Å²) in [6, 6.07) is 15.0. The Kier molecular flexibility index (Phi) is 6.49. The number of imide groups is 1. The van der Waals surface area contributed by atoms with E-state index in [-0.39, 0.29) is 11.8 Å². The summed E-state index contributed by atoms with van der Waals surface area (Å²) in [5, 5.41) is 0. The van der Waals surface area contributed by atoms with Gasteiger partial charge in [0.15, 0.2) is 0 Å². The highest BCUT2D eigenvalue weighted by atomic mass is 16.5. The highest BCUT2D eigenvalue weighted by molar-refractivity contribution is 6.45. The molecule has 1 fully saturated rings. The summed E-state index contributed by atoms with van der Waals surface area (Å²) in [4.78, 5) is 32.6. The molecular formula is C26H31N3O3. The number of anilines is 2. The zero-order valence-corrected chi connectivity index (χ0v) is 19.1. The van der Waals surface area contributed by atoms with Crippen LogP contribution in [-0.4, -0.2) is 50.5 Å². The molecule has 0 radical (unpaired) electrons. The number of carbonyl (C=O) groups excluding carboxylic acids is 2. The Hall–Kier alpha value is -3.28. The molecule has 6 heteroatoms. The number of hydrogen-bond donors (Lipinski definition) is 0. The summed E-state index contributed by atoms with van der Waals surface area (Å²) >= 11 is 0. The summed E-state index contributed by atoms with van der Waals surface area (Å²) in [7, 11) is 3.92. The average molecular weight is 434 g/mol. The Morgan fingerprint density at radius 2 is 1.53 bits per heavy atom. The van der Waals surface area contributed by atoms with Crippen LogP contribution in [-0.2, 0) is 9.59 Å². The number of hydrogen-bond acceptors (Lipinski definition) is 5. The van der Waals surface area contributed by atoms with Crippen LogP contribution in [0, 0.1) is 0 Å². The minimum atomic E-state index is -0.268. The van der Waals surface area contributed by atoms with Gasteiger partial charge in [-0.15, -0.1) is 0 Å². The molecule has 4 rings (SSSR count). The zero-order valence-electron chi connectivity index (χ0n) is 19.1. The van der Waals surface area contributed by atoms with Crippen LogP contribution < -0.4 is 14.5 Å². The maximum absolute atomic E-state index is 13.6. The van der Waals surface area contributed by atoms with Gasteiger partial charge in [-0.25, -0.2) is 4.90 Å². The van der Waals surface area contributed by atoms with Gasteiger partial charge in [-0.05, 0) is 67.6 Å². The number of nitrogens with zero attached hydrogens (tertiary/aromatic N) is 3. The number of carbonyl (C=O) groups is 2. The summed E-state index contributed by atoms with van der Waals surface area (Å²) < 4.78 is 5.69. The fourth-order valence-electron chi connectivity index (χ4n) is 4.26. The number of likely N-dealkylation sites (tertiary alicyclic amines) is 1. The lowest BCUT2D eigenvalue weighted by Gasteiger charge is -2.29. The van der Waals surface area contributed by atoms with Crippen LogP contribution in [0.1, 0.15) is 38.2 Å². The Bertz CT molecular complexity index is 1000. The van der Waals surface area contributed by atoms with Crippen LogP contribution in [0.3, 0.4) is 0 Å². The highest BCUT2D eigenvalue weighted by Crippen LogP contribution is 2.36. The molecule has 1 saturated heterocycles. The molecule has 2 aromatic rings. The van der Waals surface area contributed by atoms with Gasteiger partial charge >= 0.3 is 0 Å². The third-order valence-corrected chi connectivity index (χ3v) is 5.97. The summed E-state index contributed by atoms with van der Waals surface area (Å²) in [5.74, 6) is 0.259. The van der Waals surface area contributed by atoms with Gasteiger partial charge in [0.25, 0.3) is 11.8 Å². The minimum Gasteiger partial charge on any atom is -0.494 e. The second-order valence-electron chi connectivity index (χ2n) is 8.50. The number of rotatable bonds is 7. The third kappa shape index (κ3) is 4.22. The van der Waals surface area contributed by atoms with Crippen LogP contribution in [0.15, 0.2) is 54.2 Å². The van der Waals surface area contributed by atoms with Gasteiger partial charge in [0.1, 0.15) is 11.4 Å². The SMILES string of the molecule is CCCOc1ccc(C2=C(N3CCCCC3)C(=O)N(c3ccc(N(C)C)cc3)C2=O)cc1. The van der Waals surface area contributed by atoms with E-state index in [0.717, 1.165) is 55.8 Å². The van der Waals surface area contributed by atoms with Gasteiger partial charge in [-0.2, -0.15) is 0 Å². The lowest BCUT2D eigenvalue weighted by atomic mass is 10.0. The van der Waals surface area contributed by atoms with Crippen molar-refractivity contribution >= 4 is 28.8 Å². The smallest absolute Gasteiger partial charge is 0.282 e. The summed E-state index contributed by atoms with van der Waals surface area (Å²) in [6.45, 7) is 4.30. The molecule has 6 nitrogen and oxygen atoms in total. The average Bonchev–Trinajstić information content (AvgIpc) is 3.08. The van der Waals surface area contributed by atoms with Gasteiger partial charge in [-0.1, -0.05) is 19.1 Å². The van der Waals surface area contributed by atoms with Crippen molar-refractivity contribution in [2.24, 2.45) is 0 Å². The third-order valence-electron chi connectivity index (χ3n) is 5.97. The fourth-order valence-corrected chi connectivity index (χ4v) is 4.26. The molecule has 0 saturated carbocycles. The van der Waals surface area contributed by atoms with Gasteiger partial charge in [-0.3, -0.25) is 9.59 Å². The van der Waals surface area contributed by atoms with Crippen LogP contribution in [0.2, 0.25) is 0 Å². The first-order valence-electron chi connectivity index (χ1n) is 11.4. The van der Waals surface area contributed by atoms with Crippen molar-refractivity contribution in [3.05, 3.63) is 59.8 Å². The van der Waals surface area contributed by atoms with Crippen molar-refractivity contribution in [3.8, 4) is 5.75 Å². The molecule has 0 atom stereocenters. The molecule has 0 spiro atoms. The fraction of sp³-hybridized carbons (Fsp3) is 0.385. The first-order valence-corrected chi connectivity index (χ1v) is 11.4. The van der Waals surface area contributed by atoms with Gasteiger partial charge in [0.2, 0.25) is 0 Å². The van der Waals surface area contributed by atoms with E-state index >= 15 is 0 Å². The van der Waals surface area contributed by atoms with Crippen molar-refractivity contribution in [2.75, 3.05) is 43.6 Å². The van der Waals surface area contributed by atoms with Gasteiger partial charge in [0, 0.05) is 32.9 Å². The summed E-state index contributed by atoms with van der Waals surface area (Å²) in [5.41, 5.74) is 3.36. The maximum atomic E-state index is 13.6. The molecule has 0 aromatic heterocycles. The Morgan fingerprint density at radius 3 is 2.12 bits per heavy atom. The number of piperidine rings is 1. The van der Waals surface area contributed by atoms with E-state index in [1.54, 1.807) is 0 Å². The number of benzene rings is 2. The van der Waals surface area contributed by atoms with E-state index in [4.69, 9.17) is 4.74 Å². The predicted octanol–water partition coefficient (Wildman–Crippen LogP) is 4.31. The second-order valence-corrected chi connectivity index (χ2v) is 8.50. The van der Waals surface area contributed by atoms with Crippen molar-refractivity contribution in [1.82, 2.24) is 4.90 Å². The van der Waals surface area contributed by atoms with Crippen LogP contribution in [0.25, 0.3) is 5.57 Å². The van der Waals surface area contributed by atoms with Crippen LogP contribution >= 0.6 is 0 Å². The van der Waals surface area contributed by atoms with Gasteiger partial charge < -0.3 is 14.5 Å². The summed E-state index contributed by atoms with van der Waals surface area (Å²) in [6.07, 6.45) is 4.14. The van der Waals surface area contributed by atoms with E-state index in [2.05, 4.69) is 11.8 Å². The largest absolute Gasteiger partial charge is 0.494 e. The molecule has 2 aliphatic rings. The van der Waals surface area contributed by atoms with Crippen LogP contribution in [0.4, 0.5) is 11.4 Å². The molecule has 2 heterocycles. The predicted molar refractivity (Wildman–Crippen MR) is 128 cm³/mol. The minimum absolute atomic E-state index is 0.240. The van der Waals surface area contributed by atoms with E-state index in [9.17, 15) is 9.59 Å². The molecule has 2 aliphatic heterocycles. The molecule has 0 N–H and O–H groups in total. The monoisotopic (exact) mass is 433 g/mol. The molecule has 2 aromatic carbocycles. The Balaban J connectivity index is 1.72. The highest BCUT2D eigenvalue weighted by Gasteiger charge is 2.42.